The van der Waals surface area contributed by atoms with E-state index in [1.54, 1.807) is 36.4 Å². The first kappa shape index (κ1) is 23.5. The van der Waals surface area contributed by atoms with Gasteiger partial charge >= 0.3 is 5.97 Å². The van der Waals surface area contributed by atoms with Crippen LogP contribution in [0.1, 0.15) is 41.1 Å². The van der Waals surface area contributed by atoms with Crippen LogP contribution in [-0.4, -0.2) is 30.3 Å². The molecule has 1 aliphatic carbocycles. The van der Waals surface area contributed by atoms with E-state index in [0.29, 0.717) is 24.2 Å². The van der Waals surface area contributed by atoms with Gasteiger partial charge in [0.05, 0.1) is 23.1 Å². The van der Waals surface area contributed by atoms with Gasteiger partial charge in [0.2, 0.25) is 11.8 Å². The minimum atomic E-state index is -0.708. The third-order valence-corrected chi connectivity index (χ3v) is 6.93. The van der Waals surface area contributed by atoms with E-state index in [2.05, 4.69) is 17.4 Å². The van der Waals surface area contributed by atoms with Gasteiger partial charge in [0, 0.05) is 5.69 Å². The molecule has 3 amide bonds. The van der Waals surface area contributed by atoms with Gasteiger partial charge in [-0.25, -0.2) is 4.79 Å². The third-order valence-electron chi connectivity index (χ3n) is 6.93. The van der Waals surface area contributed by atoms with Crippen LogP contribution in [0.4, 0.5) is 11.4 Å². The largest absolute Gasteiger partial charge is 0.452 e. The highest BCUT2D eigenvalue weighted by molar-refractivity contribution is 6.22. The second-order valence-electron chi connectivity index (χ2n) is 9.19. The second-order valence-corrected chi connectivity index (χ2v) is 9.19. The van der Waals surface area contributed by atoms with Crippen LogP contribution in [0.15, 0.2) is 84.9 Å². The van der Waals surface area contributed by atoms with E-state index in [1.165, 1.54) is 22.6 Å². The summed E-state index contributed by atoms with van der Waals surface area (Å²) in [5, 5.41) is 2.65. The minimum absolute atomic E-state index is 0.164. The summed E-state index contributed by atoms with van der Waals surface area (Å²) in [6.45, 7) is -0.454. The Morgan fingerprint density at radius 2 is 1.53 bits per heavy atom. The number of hydrogen-bond acceptors (Lipinski definition) is 5. The number of benzene rings is 3. The van der Waals surface area contributed by atoms with Gasteiger partial charge in [-0.1, -0.05) is 54.6 Å². The van der Waals surface area contributed by atoms with Crippen molar-refractivity contribution >= 4 is 35.1 Å². The van der Waals surface area contributed by atoms with Gasteiger partial charge < -0.3 is 10.1 Å². The molecule has 0 aromatic heterocycles. The summed E-state index contributed by atoms with van der Waals surface area (Å²) >= 11 is 0. The Labute approximate surface area is 209 Å². The van der Waals surface area contributed by atoms with E-state index < -0.39 is 18.5 Å². The highest BCUT2D eigenvalue weighted by atomic mass is 16.5. The molecule has 1 saturated heterocycles. The molecule has 3 atom stereocenters. The number of para-hydroxylation sites is 1. The Bertz CT molecular complexity index is 1290. The summed E-state index contributed by atoms with van der Waals surface area (Å²) in [5.41, 5.74) is 2.30. The smallest absolute Gasteiger partial charge is 0.338 e. The molecular weight excluding hydrogens is 456 g/mol. The average molecular weight is 483 g/mol. The van der Waals surface area contributed by atoms with Crippen molar-refractivity contribution in [3.8, 4) is 0 Å². The molecule has 0 spiro atoms. The van der Waals surface area contributed by atoms with Crippen LogP contribution in [0.2, 0.25) is 0 Å². The van der Waals surface area contributed by atoms with Crippen LogP contribution in [0.5, 0.6) is 0 Å². The summed E-state index contributed by atoms with van der Waals surface area (Å²) in [6, 6.07) is 25.2. The maximum absolute atomic E-state index is 13.3. The van der Waals surface area contributed by atoms with Crippen molar-refractivity contribution in [1.82, 2.24) is 0 Å². The number of carbonyl (C=O) groups is 4. The molecule has 0 radical (unpaired) electrons. The normalized spacial score (nSPS) is 21.1. The summed E-state index contributed by atoms with van der Waals surface area (Å²) in [6.07, 6.45) is 2.15. The topological polar surface area (TPSA) is 92.8 Å². The van der Waals surface area contributed by atoms with Crippen molar-refractivity contribution in [2.45, 2.75) is 25.2 Å². The lowest BCUT2D eigenvalue weighted by Gasteiger charge is -2.28. The number of nitrogens with one attached hydrogen (secondary N) is 1. The van der Waals surface area contributed by atoms with E-state index in [4.69, 9.17) is 4.74 Å². The number of anilines is 2. The van der Waals surface area contributed by atoms with E-state index in [1.807, 2.05) is 24.3 Å². The molecule has 36 heavy (non-hydrogen) atoms. The number of esters is 1. The van der Waals surface area contributed by atoms with Crippen LogP contribution >= 0.6 is 0 Å². The fourth-order valence-electron chi connectivity index (χ4n) is 5.17. The van der Waals surface area contributed by atoms with E-state index in [-0.39, 0.29) is 35.1 Å². The molecular formula is C29H26N2O5. The predicted molar refractivity (Wildman–Crippen MR) is 134 cm³/mol. The maximum Gasteiger partial charge on any atom is 0.338 e. The molecule has 0 unspecified atom stereocenters. The number of carbonyl (C=O) groups excluding carboxylic acids is 4. The average Bonchev–Trinajstić information content (AvgIpc) is 3.17. The Balaban J connectivity index is 1.25. The fourth-order valence-corrected chi connectivity index (χ4v) is 5.17. The first-order chi connectivity index (χ1) is 17.5. The molecule has 3 aromatic rings. The summed E-state index contributed by atoms with van der Waals surface area (Å²) < 4.78 is 5.15. The molecule has 1 aliphatic heterocycles. The minimum Gasteiger partial charge on any atom is -0.452 e. The first-order valence-corrected chi connectivity index (χ1v) is 12.1. The Hall–Kier alpha value is -4.26. The Morgan fingerprint density at radius 1 is 0.833 bits per heavy atom. The van der Waals surface area contributed by atoms with Gasteiger partial charge in [-0.2, -0.15) is 0 Å². The highest BCUT2D eigenvalue weighted by Gasteiger charge is 2.50. The van der Waals surface area contributed by atoms with Gasteiger partial charge in [0.15, 0.2) is 6.61 Å². The van der Waals surface area contributed by atoms with E-state index in [0.717, 1.165) is 6.42 Å². The number of imide groups is 1. The SMILES string of the molecule is O=C(COC(=O)c1cccc(N2C(=O)[C@@H]3CC[C@H](c4ccccc4)C[C@H]3C2=O)c1)Nc1ccccc1. The molecule has 2 aliphatic rings. The molecule has 0 bridgehead atoms. The molecule has 182 valence electrons. The Morgan fingerprint density at radius 3 is 2.28 bits per heavy atom. The predicted octanol–water partition coefficient (Wildman–Crippen LogP) is 4.56. The summed E-state index contributed by atoms with van der Waals surface area (Å²) in [7, 11) is 0. The number of ether oxygens (including phenoxy) is 1. The van der Waals surface area contributed by atoms with Crippen molar-refractivity contribution in [1.29, 1.82) is 0 Å². The van der Waals surface area contributed by atoms with Gasteiger partial charge in [-0.05, 0) is 61.1 Å². The van der Waals surface area contributed by atoms with Crippen molar-refractivity contribution in [3.63, 3.8) is 0 Å². The zero-order valence-electron chi connectivity index (χ0n) is 19.6. The van der Waals surface area contributed by atoms with Crippen molar-refractivity contribution in [2.24, 2.45) is 11.8 Å². The van der Waals surface area contributed by atoms with E-state index >= 15 is 0 Å². The van der Waals surface area contributed by atoms with Crippen molar-refractivity contribution in [3.05, 3.63) is 96.1 Å². The fraction of sp³-hybridized carbons (Fsp3) is 0.241. The lowest BCUT2D eigenvalue weighted by atomic mass is 9.73. The summed E-state index contributed by atoms with van der Waals surface area (Å²) in [4.78, 5) is 52.4. The van der Waals surface area contributed by atoms with Gasteiger partial charge in [0.1, 0.15) is 0 Å². The molecule has 1 saturated carbocycles. The highest BCUT2D eigenvalue weighted by Crippen LogP contribution is 2.45. The standard InChI is InChI=1S/C29H26N2O5/c32-26(30-22-11-5-2-6-12-22)18-36-29(35)21-10-7-13-23(16-21)31-27(33)24-15-14-20(17-25(24)28(31)34)19-8-3-1-4-9-19/h1-13,16,20,24-25H,14-15,17-18H2,(H,30,32)/t20-,24+,25+/m0/s1. The second kappa shape index (κ2) is 10.2. The quantitative estimate of drug-likeness (QED) is 0.411. The molecule has 1 heterocycles. The van der Waals surface area contributed by atoms with Gasteiger partial charge in [-0.3, -0.25) is 19.3 Å². The van der Waals surface area contributed by atoms with Crippen molar-refractivity contribution < 1.29 is 23.9 Å². The van der Waals surface area contributed by atoms with Gasteiger partial charge in [-0.15, -0.1) is 0 Å². The first-order valence-electron chi connectivity index (χ1n) is 12.1. The molecule has 3 aromatic carbocycles. The monoisotopic (exact) mass is 482 g/mol. The zero-order valence-corrected chi connectivity index (χ0v) is 19.6. The Kier molecular flexibility index (Phi) is 6.62. The number of hydrogen-bond donors (Lipinski definition) is 1. The molecule has 7 nitrogen and oxygen atoms in total. The van der Waals surface area contributed by atoms with Crippen LogP contribution in [0.25, 0.3) is 0 Å². The van der Waals surface area contributed by atoms with Crippen LogP contribution < -0.4 is 10.2 Å². The maximum atomic E-state index is 13.3. The van der Waals surface area contributed by atoms with Crippen LogP contribution in [0.3, 0.4) is 0 Å². The molecule has 2 fully saturated rings. The zero-order chi connectivity index (χ0) is 25.1. The van der Waals surface area contributed by atoms with Crippen molar-refractivity contribution in [2.75, 3.05) is 16.8 Å². The van der Waals surface area contributed by atoms with Gasteiger partial charge in [0.25, 0.3) is 5.91 Å². The number of nitrogens with zero attached hydrogens (tertiary/aromatic N) is 1. The number of amides is 3. The van der Waals surface area contributed by atoms with E-state index in [9.17, 15) is 19.2 Å². The molecule has 7 heteroatoms. The van der Waals surface area contributed by atoms with Crippen LogP contribution in [-0.2, 0) is 19.1 Å². The number of fused-ring (bicyclic) bond motifs is 1. The number of rotatable bonds is 6. The lowest BCUT2D eigenvalue weighted by molar-refractivity contribution is -0.122. The lowest BCUT2D eigenvalue weighted by Crippen LogP contribution is -2.31. The third kappa shape index (κ3) is 4.77. The molecule has 5 rings (SSSR count). The van der Waals surface area contributed by atoms with Crippen LogP contribution in [0, 0.1) is 11.8 Å². The molecule has 1 N–H and O–H groups in total. The summed E-state index contributed by atoms with van der Waals surface area (Å²) in [5.74, 6) is -2.08.